The first-order chi connectivity index (χ1) is 10.2. The number of halogens is 1. The van der Waals surface area contributed by atoms with E-state index in [1.165, 1.54) is 6.07 Å². The molecule has 0 saturated carbocycles. The van der Waals surface area contributed by atoms with E-state index < -0.39 is 0 Å². The first kappa shape index (κ1) is 15.5. The Morgan fingerprint density at radius 2 is 1.90 bits per heavy atom. The molecule has 0 aromatic heterocycles. The van der Waals surface area contributed by atoms with Crippen LogP contribution in [0.5, 0.6) is 5.75 Å². The van der Waals surface area contributed by atoms with Crippen molar-refractivity contribution in [1.82, 2.24) is 5.32 Å². The average Bonchev–Trinajstić information content (AvgIpc) is 2.50. The molecule has 2 aromatic carbocycles. The molecule has 0 amide bonds. The largest absolute Gasteiger partial charge is 0.496 e. The van der Waals surface area contributed by atoms with E-state index >= 15 is 0 Å². The zero-order valence-electron chi connectivity index (χ0n) is 12.8. The Bertz CT molecular complexity index is 598. The lowest BCUT2D eigenvalue weighted by Gasteiger charge is -2.22. The number of aryl methyl sites for hydroxylation is 1. The summed E-state index contributed by atoms with van der Waals surface area (Å²) < 4.78 is 19.7. The Balaban J connectivity index is 2.48. The van der Waals surface area contributed by atoms with Gasteiger partial charge in [-0.05, 0) is 37.6 Å². The van der Waals surface area contributed by atoms with E-state index in [2.05, 4.69) is 12.2 Å². The standard InChI is InChI=1S/C18H22FNO/c1-4-11-20-18(14-7-5-6-8-16(14)19)15-10-9-13(2)12-17(15)21-3/h5-10,12,18,20H,4,11H2,1-3H3. The van der Waals surface area contributed by atoms with Crippen molar-refractivity contribution < 1.29 is 9.13 Å². The predicted octanol–water partition coefficient (Wildman–Crippen LogP) is 4.23. The van der Waals surface area contributed by atoms with Gasteiger partial charge in [0.05, 0.1) is 13.2 Å². The molecule has 0 spiro atoms. The van der Waals surface area contributed by atoms with Gasteiger partial charge in [-0.3, -0.25) is 0 Å². The van der Waals surface area contributed by atoms with E-state index in [-0.39, 0.29) is 11.9 Å². The van der Waals surface area contributed by atoms with Crippen LogP contribution in [0.3, 0.4) is 0 Å². The molecule has 0 bridgehead atoms. The monoisotopic (exact) mass is 287 g/mol. The molecule has 0 aliphatic rings. The number of nitrogens with one attached hydrogen (secondary N) is 1. The molecule has 0 saturated heterocycles. The van der Waals surface area contributed by atoms with E-state index in [4.69, 9.17) is 4.74 Å². The number of hydrogen-bond donors (Lipinski definition) is 1. The van der Waals surface area contributed by atoms with Crippen LogP contribution in [-0.2, 0) is 0 Å². The number of ether oxygens (including phenoxy) is 1. The molecule has 1 N–H and O–H groups in total. The number of methoxy groups -OCH3 is 1. The summed E-state index contributed by atoms with van der Waals surface area (Å²) in [5, 5.41) is 3.42. The summed E-state index contributed by atoms with van der Waals surface area (Å²) in [5.74, 6) is 0.584. The molecule has 0 heterocycles. The van der Waals surface area contributed by atoms with E-state index in [0.29, 0.717) is 5.56 Å². The molecule has 1 unspecified atom stereocenters. The van der Waals surface area contributed by atoms with E-state index in [9.17, 15) is 4.39 Å². The van der Waals surface area contributed by atoms with Gasteiger partial charge in [-0.2, -0.15) is 0 Å². The molecule has 2 nitrogen and oxygen atoms in total. The molecule has 1 atom stereocenters. The van der Waals surface area contributed by atoms with Crippen molar-refractivity contribution in [2.75, 3.05) is 13.7 Å². The number of hydrogen-bond acceptors (Lipinski definition) is 2. The van der Waals surface area contributed by atoms with Gasteiger partial charge in [0, 0.05) is 11.1 Å². The molecule has 2 aromatic rings. The Kier molecular flexibility index (Phi) is 5.34. The van der Waals surface area contributed by atoms with Crippen LogP contribution in [0, 0.1) is 12.7 Å². The van der Waals surface area contributed by atoms with Crippen LogP contribution in [-0.4, -0.2) is 13.7 Å². The second-order valence-corrected chi connectivity index (χ2v) is 5.15. The van der Waals surface area contributed by atoms with Crippen molar-refractivity contribution >= 4 is 0 Å². The third kappa shape index (κ3) is 3.61. The second-order valence-electron chi connectivity index (χ2n) is 5.15. The Hall–Kier alpha value is -1.87. The summed E-state index contributed by atoms with van der Waals surface area (Å²) in [5.41, 5.74) is 2.73. The molecule has 0 fully saturated rings. The van der Waals surface area contributed by atoms with Gasteiger partial charge < -0.3 is 10.1 Å². The third-order valence-corrected chi connectivity index (χ3v) is 3.51. The van der Waals surface area contributed by atoms with Gasteiger partial charge in [0.2, 0.25) is 0 Å². The third-order valence-electron chi connectivity index (χ3n) is 3.51. The molecular formula is C18H22FNO. The Morgan fingerprint density at radius 3 is 2.57 bits per heavy atom. The van der Waals surface area contributed by atoms with Crippen LogP contribution in [0.4, 0.5) is 4.39 Å². The van der Waals surface area contributed by atoms with Gasteiger partial charge >= 0.3 is 0 Å². The lowest BCUT2D eigenvalue weighted by Crippen LogP contribution is -2.24. The van der Waals surface area contributed by atoms with Crippen molar-refractivity contribution in [2.24, 2.45) is 0 Å². The topological polar surface area (TPSA) is 21.3 Å². The lowest BCUT2D eigenvalue weighted by molar-refractivity contribution is 0.402. The van der Waals surface area contributed by atoms with Crippen LogP contribution in [0.15, 0.2) is 42.5 Å². The lowest BCUT2D eigenvalue weighted by atomic mass is 9.96. The summed E-state index contributed by atoms with van der Waals surface area (Å²) in [4.78, 5) is 0. The summed E-state index contributed by atoms with van der Waals surface area (Å²) in [6, 6.07) is 12.7. The zero-order chi connectivity index (χ0) is 15.2. The maximum atomic E-state index is 14.2. The molecule has 0 radical (unpaired) electrons. The highest BCUT2D eigenvalue weighted by Crippen LogP contribution is 2.32. The number of rotatable bonds is 6. The maximum Gasteiger partial charge on any atom is 0.128 e. The fraction of sp³-hybridized carbons (Fsp3) is 0.333. The minimum absolute atomic E-state index is 0.200. The highest BCUT2D eigenvalue weighted by Gasteiger charge is 2.20. The number of benzene rings is 2. The summed E-state index contributed by atoms with van der Waals surface area (Å²) >= 11 is 0. The van der Waals surface area contributed by atoms with Crippen molar-refractivity contribution in [3.05, 3.63) is 65.0 Å². The van der Waals surface area contributed by atoms with Crippen molar-refractivity contribution in [3.63, 3.8) is 0 Å². The first-order valence-corrected chi connectivity index (χ1v) is 7.29. The highest BCUT2D eigenvalue weighted by molar-refractivity contribution is 5.44. The van der Waals surface area contributed by atoms with Crippen LogP contribution in [0.25, 0.3) is 0 Å². The SMILES string of the molecule is CCCNC(c1ccccc1F)c1ccc(C)cc1OC. The fourth-order valence-corrected chi connectivity index (χ4v) is 2.44. The quantitative estimate of drug-likeness (QED) is 0.858. The van der Waals surface area contributed by atoms with Crippen LogP contribution in [0.2, 0.25) is 0 Å². The minimum Gasteiger partial charge on any atom is -0.496 e. The van der Waals surface area contributed by atoms with Gasteiger partial charge in [0.25, 0.3) is 0 Å². The van der Waals surface area contributed by atoms with Crippen molar-refractivity contribution in [1.29, 1.82) is 0 Å². The minimum atomic E-state index is -0.207. The molecule has 2 rings (SSSR count). The Labute approximate surface area is 126 Å². The van der Waals surface area contributed by atoms with E-state index in [1.807, 2.05) is 37.3 Å². The second kappa shape index (κ2) is 7.23. The Morgan fingerprint density at radius 1 is 1.14 bits per heavy atom. The fourth-order valence-electron chi connectivity index (χ4n) is 2.44. The molecular weight excluding hydrogens is 265 g/mol. The molecule has 0 aliphatic carbocycles. The summed E-state index contributed by atoms with van der Waals surface area (Å²) in [6.45, 7) is 4.93. The first-order valence-electron chi connectivity index (χ1n) is 7.29. The van der Waals surface area contributed by atoms with Crippen LogP contribution >= 0.6 is 0 Å². The maximum absolute atomic E-state index is 14.2. The molecule has 0 aliphatic heterocycles. The summed E-state index contributed by atoms with van der Waals surface area (Å²) in [6.07, 6.45) is 0.985. The van der Waals surface area contributed by atoms with Gasteiger partial charge in [0.15, 0.2) is 0 Å². The van der Waals surface area contributed by atoms with Crippen molar-refractivity contribution in [3.8, 4) is 5.75 Å². The van der Waals surface area contributed by atoms with E-state index in [0.717, 1.165) is 29.8 Å². The van der Waals surface area contributed by atoms with Gasteiger partial charge in [-0.15, -0.1) is 0 Å². The smallest absolute Gasteiger partial charge is 0.128 e. The van der Waals surface area contributed by atoms with Crippen LogP contribution < -0.4 is 10.1 Å². The zero-order valence-corrected chi connectivity index (χ0v) is 12.8. The normalized spacial score (nSPS) is 12.2. The average molecular weight is 287 g/mol. The van der Waals surface area contributed by atoms with Gasteiger partial charge in [-0.1, -0.05) is 37.3 Å². The molecule has 112 valence electrons. The van der Waals surface area contributed by atoms with Crippen molar-refractivity contribution in [2.45, 2.75) is 26.3 Å². The predicted molar refractivity (Wildman–Crippen MR) is 84.3 cm³/mol. The van der Waals surface area contributed by atoms with Crippen LogP contribution in [0.1, 0.15) is 36.1 Å². The van der Waals surface area contributed by atoms with E-state index in [1.54, 1.807) is 13.2 Å². The molecule has 21 heavy (non-hydrogen) atoms. The van der Waals surface area contributed by atoms with Gasteiger partial charge in [0.1, 0.15) is 11.6 Å². The van der Waals surface area contributed by atoms with Gasteiger partial charge in [-0.25, -0.2) is 4.39 Å². The highest BCUT2D eigenvalue weighted by atomic mass is 19.1. The molecule has 3 heteroatoms. The summed E-state index contributed by atoms with van der Waals surface area (Å²) in [7, 11) is 1.65.